The van der Waals surface area contributed by atoms with Crippen molar-refractivity contribution in [3.8, 4) is 5.75 Å². The van der Waals surface area contributed by atoms with Crippen molar-refractivity contribution in [2.45, 2.75) is 19.4 Å². The highest BCUT2D eigenvalue weighted by atomic mass is 32.2. The topological polar surface area (TPSA) is 97.1 Å². The van der Waals surface area contributed by atoms with Crippen LogP contribution in [0.1, 0.15) is 18.6 Å². The molecule has 1 saturated heterocycles. The minimum Gasteiger partial charge on any atom is -0.486 e. The van der Waals surface area contributed by atoms with Crippen LogP contribution in [-0.2, 0) is 16.6 Å². The zero-order chi connectivity index (χ0) is 15.5. The van der Waals surface area contributed by atoms with Crippen molar-refractivity contribution in [1.82, 2.24) is 4.31 Å². The number of sulfonamides is 1. The van der Waals surface area contributed by atoms with Crippen LogP contribution in [0.4, 0.5) is 0 Å². The van der Waals surface area contributed by atoms with Crippen LogP contribution in [0.5, 0.6) is 5.75 Å². The number of hydrogen-bond acceptors (Lipinski definition) is 6. The van der Waals surface area contributed by atoms with Crippen LogP contribution in [0.3, 0.4) is 0 Å². The molecule has 1 unspecified atom stereocenters. The molecule has 0 aromatic carbocycles. The Hall–Kier alpha value is -1.38. The summed E-state index contributed by atoms with van der Waals surface area (Å²) >= 11 is 0. The number of aliphatic hydroxyl groups excluding tert-OH is 1. The third kappa shape index (κ3) is 4.29. The maximum Gasteiger partial charge on any atom is 0.227 e. The first-order chi connectivity index (χ1) is 9.90. The van der Waals surface area contributed by atoms with Crippen LogP contribution in [-0.4, -0.2) is 43.8 Å². The summed E-state index contributed by atoms with van der Waals surface area (Å²) in [6.07, 6.45) is 3.99. The van der Waals surface area contributed by atoms with Gasteiger partial charge in [-0.3, -0.25) is 4.79 Å². The summed E-state index contributed by atoms with van der Waals surface area (Å²) in [7, 11) is -3.19. The predicted octanol–water partition coefficient (Wildman–Crippen LogP) is 0.183. The smallest absolute Gasteiger partial charge is 0.227 e. The Labute approximate surface area is 123 Å². The zero-order valence-corrected chi connectivity index (χ0v) is 12.6. The van der Waals surface area contributed by atoms with Crippen molar-refractivity contribution < 1.29 is 22.7 Å². The van der Waals surface area contributed by atoms with E-state index in [1.807, 2.05) is 0 Å². The Morgan fingerprint density at radius 1 is 1.52 bits per heavy atom. The van der Waals surface area contributed by atoms with E-state index in [2.05, 4.69) is 0 Å². The first-order valence-electron chi connectivity index (χ1n) is 6.70. The molecule has 0 radical (unpaired) electrons. The van der Waals surface area contributed by atoms with E-state index in [0.29, 0.717) is 13.1 Å². The van der Waals surface area contributed by atoms with E-state index >= 15 is 0 Å². The average Bonchev–Trinajstić information content (AvgIpc) is 2.45. The van der Waals surface area contributed by atoms with E-state index in [9.17, 15) is 13.2 Å². The van der Waals surface area contributed by atoms with Crippen LogP contribution in [0.15, 0.2) is 21.5 Å². The van der Waals surface area contributed by atoms with Gasteiger partial charge in [0.25, 0.3) is 0 Å². The Bertz CT molecular complexity index is 638. The summed E-state index contributed by atoms with van der Waals surface area (Å²) in [5, 5.41) is 8.86. The maximum absolute atomic E-state index is 11.7. The molecule has 1 aliphatic heterocycles. The van der Waals surface area contributed by atoms with E-state index in [4.69, 9.17) is 14.3 Å². The number of aliphatic hydroxyl groups is 1. The Morgan fingerprint density at radius 2 is 2.29 bits per heavy atom. The summed E-state index contributed by atoms with van der Waals surface area (Å²) < 4.78 is 34.9. The predicted molar refractivity (Wildman–Crippen MR) is 75.5 cm³/mol. The van der Waals surface area contributed by atoms with Crippen LogP contribution in [0.2, 0.25) is 0 Å². The van der Waals surface area contributed by atoms with Crippen molar-refractivity contribution in [2.75, 3.05) is 26.0 Å². The van der Waals surface area contributed by atoms with Gasteiger partial charge in [0.1, 0.15) is 18.6 Å². The lowest BCUT2D eigenvalue weighted by Crippen LogP contribution is -2.41. The number of rotatable bonds is 5. The highest BCUT2D eigenvalue weighted by Crippen LogP contribution is 2.19. The van der Waals surface area contributed by atoms with Gasteiger partial charge < -0.3 is 14.3 Å². The molecule has 2 heterocycles. The summed E-state index contributed by atoms with van der Waals surface area (Å²) in [6, 6.07) is 1.18. The van der Waals surface area contributed by atoms with E-state index in [-0.39, 0.29) is 36.1 Å². The molecule has 1 aliphatic rings. The Balaban J connectivity index is 1.95. The standard InChI is InChI=1S/C13H19NO6S/c1-21(17,18)14-4-2-3-10(6-14)8-20-13-9-19-11(7-15)5-12(13)16/h5,9-10,15H,2-4,6-8H2,1H3. The molecule has 1 N–H and O–H groups in total. The van der Waals surface area contributed by atoms with Crippen molar-refractivity contribution >= 4 is 10.0 Å². The van der Waals surface area contributed by atoms with Gasteiger partial charge in [0.15, 0.2) is 0 Å². The van der Waals surface area contributed by atoms with Crippen molar-refractivity contribution in [3.63, 3.8) is 0 Å². The lowest BCUT2D eigenvalue weighted by atomic mass is 10.0. The number of piperidine rings is 1. The van der Waals surface area contributed by atoms with E-state index in [0.717, 1.165) is 12.8 Å². The molecule has 21 heavy (non-hydrogen) atoms. The summed E-state index contributed by atoms with van der Waals surface area (Å²) in [5.41, 5.74) is -0.360. The van der Waals surface area contributed by atoms with Gasteiger partial charge in [0, 0.05) is 25.1 Å². The van der Waals surface area contributed by atoms with Crippen molar-refractivity contribution in [3.05, 3.63) is 28.3 Å². The highest BCUT2D eigenvalue weighted by Gasteiger charge is 2.26. The summed E-state index contributed by atoms with van der Waals surface area (Å²) in [5.74, 6) is 0.294. The van der Waals surface area contributed by atoms with Crippen LogP contribution < -0.4 is 10.2 Å². The fourth-order valence-electron chi connectivity index (χ4n) is 2.30. The van der Waals surface area contributed by atoms with Crippen LogP contribution >= 0.6 is 0 Å². The quantitative estimate of drug-likeness (QED) is 0.832. The molecule has 8 heteroatoms. The molecule has 1 aromatic rings. The van der Waals surface area contributed by atoms with Crippen molar-refractivity contribution in [1.29, 1.82) is 0 Å². The maximum atomic E-state index is 11.7. The van der Waals surface area contributed by atoms with Gasteiger partial charge >= 0.3 is 0 Å². The molecule has 118 valence electrons. The zero-order valence-electron chi connectivity index (χ0n) is 11.8. The Kier molecular flexibility index (Phi) is 5.02. The lowest BCUT2D eigenvalue weighted by molar-refractivity contribution is 0.175. The van der Waals surface area contributed by atoms with Gasteiger partial charge in [-0.15, -0.1) is 0 Å². The minimum absolute atomic E-state index is 0.0467. The van der Waals surface area contributed by atoms with E-state index in [1.54, 1.807) is 0 Å². The molecule has 7 nitrogen and oxygen atoms in total. The monoisotopic (exact) mass is 317 g/mol. The SMILES string of the molecule is CS(=O)(=O)N1CCCC(COc2coc(CO)cc2=O)C1. The highest BCUT2D eigenvalue weighted by molar-refractivity contribution is 7.88. The lowest BCUT2D eigenvalue weighted by Gasteiger charge is -2.30. The van der Waals surface area contributed by atoms with Gasteiger partial charge in [0.2, 0.25) is 21.2 Å². The fourth-order valence-corrected chi connectivity index (χ4v) is 3.24. The summed E-state index contributed by atoms with van der Waals surface area (Å²) in [4.78, 5) is 11.7. The Morgan fingerprint density at radius 3 is 2.90 bits per heavy atom. The minimum atomic E-state index is -3.19. The molecule has 1 fully saturated rings. The molecular weight excluding hydrogens is 298 g/mol. The largest absolute Gasteiger partial charge is 0.486 e. The molecule has 0 aliphatic carbocycles. The van der Waals surface area contributed by atoms with Crippen LogP contribution in [0, 0.1) is 5.92 Å². The van der Waals surface area contributed by atoms with Gasteiger partial charge in [-0.2, -0.15) is 0 Å². The second-order valence-electron chi connectivity index (χ2n) is 5.17. The van der Waals surface area contributed by atoms with E-state index < -0.39 is 10.0 Å². The van der Waals surface area contributed by atoms with Crippen molar-refractivity contribution in [2.24, 2.45) is 5.92 Å². The van der Waals surface area contributed by atoms with Gasteiger partial charge in [-0.25, -0.2) is 12.7 Å². The average molecular weight is 317 g/mol. The van der Waals surface area contributed by atoms with E-state index in [1.165, 1.54) is 22.9 Å². The second-order valence-corrected chi connectivity index (χ2v) is 7.16. The molecule has 1 aromatic heterocycles. The fraction of sp³-hybridized carbons (Fsp3) is 0.615. The third-order valence-corrected chi connectivity index (χ3v) is 4.70. The number of ether oxygens (including phenoxy) is 1. The van der Waals surface area contributed by atoms with Gasteiger partial charge in [-0.05, 0) is 12.8 Å². The molecule has 2 rings (SSSR count). The van der Waals surface area contributed by atoms with Gasteiger partial charge in [-0.1, -0.05) is 0 Å². The molecule has 1 atom stereocenters. The number of hydrogen-bond donors (Lipinski definition) is 1. The second kappa shape index (κ2) is 6.59. The first-order valence-corrected chi connectivity index (χ1v) is 8.55. The molecule has 0 spiro atoms. The molecular formula is C13H19NO6S. The molecule has 0 amide bonds. The number of nitrogens with zero attached hydrogens (tertiary/aromatic N) is 1. The normalized spacial score (nSPS) is 20.4. The molecule has 0 saturated carbocycles. The third-order valence-electron chi connectivity index (χ3n) is 3.43. The summed E-state index contributed by atoms with van der Waals surface area (Å²) in [6.45, 7) is 0.846. The van der Waals surface area contributed by atoms with Gasteiger partial charge in [0.05, 0.1) is 12.9 Å². The first kappa shape index (κ1) is 16.0. The van der Waals surface area contributed by atoms with Crippen LogP contribution in [0.25, 0.3) is 0 Å². The molecule has 0 bridgehead atoms.